The maximum atomic E-state index is 12.6. The van der Waals surface area contributed by atoms with Crippen LogP contribution in [0.3, 0.4) is 0 Å². The zero-order valence-electron chi connectivity index (χ0n) is 14.7. The number of aromatic nitrogens is 3. The molecule has 1 aromatic carbocycles. The number of aryl methyl sites for hydroxylation is 3. The molecule has 0 radical (unpaired) electrons. The molecule has 0 spiro atoms. The number of carbonyl (C=O) groups is 1. The van der Waals surface area contributed by atoms with Crippen LogP contribution in [0.15, 0.2) is 36.4 Å². The topological polar surface area (TPSA) is 79.5 Å². The Morgan fingerprint density at radius 2 is 1.96 bits per heavy atom. The molecule has 2 aromatic heterocycles. The number of nitrogens with zero attached hydrogens (tertiary/aromatic N) is 3. The van der Waals surface area contributed by atoms with Crippen LogP contribution < -0.4 is 5.32 Å². The van der Waals surface area contributed by atoms with Crippen LogP contribution in [0.4, 0.5) is 0 Å². The summed E-state index contributed by atoms with van der Waals surface area (Å²) >= 11 is 0. The van der Waals surface area contributed by atoms with Crippen molar-refractivity contribution in [3.8, 4) is 0 Å². The minimum atomic E-state index is -0.648. The number of benzene rings is 1. The van der Waals surface area contributed by atoms with Crippen molar-refractivity contribution >= 4 is 11.6 Å². The average molecular weight is 338 g/mol. The molecular weight excluding hydrogens is 316 g/mol. The molecule has 1 unspecified atom stereocenters. The number of amides is 1. The molecule has 0 aliphatic heterocycles. The van der Waals surface area contributed by atoms with Crippen LogP contribution >= 0.6 is 0 Å². The van der Waals surface area contributed by atoms with Gasteiger partial charge in [0.15, 0.2) is 5.65 Å². The Kier molecular flexibility index (Phi) is 4.81. The molecule has 3 rings (SSSR count). The van der Waals surface area contributed by atoms with E-state index in [1.807, 2.05) is 50.2 Å². The Morgan fingerprint density at radius 3 is 2.68 bits per heavy atom. The summed E-state index contributed by atoms with van der Waals surface area (Å²) < 4.78 is 1.68. The quantitative estimate of drug-likeness (QED) is 0.746. The Labute approximate surface area is 146 Å². The summed E-state index contributed by atoms with van der Waals surface area (Å²) in [5, 5.41) is 17.4. The molecule has 2 N–H and O–H groups in total. The predicted molar refractivity (Wildman–Crippen MR) is 95.7 cm³/mol. The van der Waals surface area contributed by atoms with Crippen LogP contribution in [-0.2, 0) is 6.42 Å². The van der Waals surface area contributed by atoms with Gasteiger partial charge in [0.2, 0.25) is 0 Å². The second-order valence-corrected chi connectivity index (χ2v) is 6.29. The summed E-state index contributed by atoms with van der Waals surface area (Å²) in [6.07, 6.45) is -0.157. The van der Waals surface area contributed by atoms with Crippen molar-refractivity contribution in [2.24, 2.45) is 0 Å². The minimum Gasteiger partial charge on any atom is -0.391 e. The first-order valence-corrected chi connectivity index (χ1v) is 8.29. The van der Waals surface area contributed by atoms with Crippen molar-refractivity contribution in [3.63, 3.8) is 0 Å². The van der Waals surface area contributed by atoms with E-state index in [4.69, 9.17) is 0 Å². The summed E-state index contributed by atoms with van der Waals surface area (Å²) in [6, 6.07) is 11.6. The van der Waals surface area contributed by atoms with Gasteiger partial charge in [0.1, 0.15) is 5.56 Å². The monoisotopic (exact) mass is 338 g/mol. The number of nitrogens with one attached hydrogen (secondary N) is 1. The van der Waals surface area contributed by atoms with Gasteiger partial charge in [-0.1, -0.05) is 30.3 Å². The lowest BCUT2D eigenvalue weighted by atomic mass is 10.1. The summed E-state index contributed by atoms with van der Waals surface area (Å²) in [7, 11) is 0. The van der Waals surface area contributed by atoms with Gasteiger partial charge in [0.25, 0.3) is 5.91 Å². The number of hydrogen-bond acceptors (Lipinski definition) is 4. The summed E-state index contributed by atoms with van der Waals surface area (Å²) in [5.74, 6) is -0.267. The fourth-order valence-corrected chi connectivity index (χ4v) is 2.95. The largest absolute Gasteiger partial charge is 0.391 e. The van der Waals surface area contributed by atoms with Crippen molar-refractivity contribution < 1.29 is 9.90 Å². The molecule has 1 amide bonds. The lowest BCUT2D eigenvalue weighted by molar-refractivity contribution is 0.0916. The number of carbonyl (C=O) groups excluding carboxylic acids is 1. The van der Waals surface area contributed by atoms with E-state index in [1.165, 1.54) is 0 Å². The normalized spacial score (nSPS) is 12.3. The van der Waals surface area contributed by atoms with Gasteiger partial charge in [-0.2, -0.15) is 5.10 Å². The molecule has 6 nitrogen and oxygen atoms in total. The van der Waals surface area contributed by atoms with E-state index in [2.05, 4.69) is 15.4 Å². The van der Waals surface area contributed by atoms with Crippen LogP contribution in [0.25, 0.3) is 5.65 Å². The fourth-order valence-electron chi connectivity index (χ4n) is 2.95. The minimum absolute atomic E-state index is 0.176. The highest BCUT2D eigenvalue weighted by molar-refractivity contribution is 6.01. The van der Waals surface area contributed by atoms with Gasteiger partial charge in [0.05, 0.1) is 11.8 Å². The molecule has 3 aromatic rings. The number of hydrogen-bond donors (Lipinski definition) is 2. The van der Waals surface area contributed by atoms with Crippen LogP contribution in [0.2, 0.25) is 0 Å². The molecule has 6 heteroatoms. The second kappa shape index (κ2) is 7.03. The van der Waals surface area contributed by atoms with Crippen molar-refractivity contribution in [1.29, 1.82) is 0 Å². The van der Waals surface area contributed by atoms with Gasteiger partial charge >= 0.3 is 0 Å². The van der Waals surface area contributed by atoms with Gasteiger partial charge in [-0.05, 0) is 32.4 Å². The van der Waals surface area contributed by atoms with Crippen molar-refractivity contribution in [3.05, 3.63) is 64.6 Å². The standard InChI is InChI=1S/C19H22N4O2/c1-12-9-13(2)23-18(21-12)17(14(3)22-23)19(25)20-11-16(24)10-15-7-5-4-6-8-15/h4-9,16,24H,10-11H2,1-3H3,(H,20,25). The molecule has 2 heterocycles. The van der Waals surface area contributed by atoms with E-state index in [1.54, 1.807) is 11.4 Å². The van der Waals surface area contributed by atoms with Crippen LogP contribution in [-0.4, -0.2) is 38.3 Å². The summed E-state index contributed by atoms with van der Waals surface area (Å²) in [6.45, 7) is 5.79. The van der Waals surface area contributed by atoms with E-state index >= 15 is 0 Å². The number of aliphatic hydroxyl groups is 1. The van der Waals surface area contributed by atoms with E-state index in [0.29, 0.717) is 23.3 Å². The Morgan fingerprint density at radius 1 is 1.24 bits per heavy atom. The Balaban J connectivity index is 1.73. The third kappa shape index (κ3) is 3.69. The van der Waals surface area contributed by atoms with E-state index in [0.717, 1.165) is 17.0 Å². The number of fused-ring (bicyclic) bond motifs is 1. The van der Waals surface area contributed by atoms with Gasteiger partial charge in [0, 0.05) is 24.4 Å². The molecule has 0 fully saturated rings. The van der Waals surface area contributed by atoms with Crippen LogP contribution in [0.5, 0.6) is 0 Å². The van der Waals surface area contributed by atoms with Crippen molar-refractivity contribution in [2.75, 3.05) is 6.54 Å². The van der Waals surface area contributed by atoms with Crippen LogP contribution in [0, 0.1) is 20.8 Å². The first-order valence-electron chi connectivity index (χ1n) is 8.29. The van der Waals surface area contributed by atoms with Gasteiger partial charge < -0.3 is 10.4 Å². The molecular formula is C19H22N4O2. The van der Waals surface area contributed by atoms with E-state index in [-0.39, 0.29) is 12.5 Å². The maximum absolute atomic E-state index is 12.6. The molecule has 0 aliphatic carbocycles. The summed E-state index contributed by atoms with van der Waals surface area (Å²) in [4.78, 5) is 17.1. The second-order valence-electron chi connectivity index (χ2n) is 6.29. The number of aliphatic hydroxyl groups excluding tert-OH is 1. The smallest absolute Gasteiger partial charge is 0.257 e. The highest BCUT2D eigenvalue weighted by atomic mass is 16.3. The van der Waals surface area contributed by atoms with Gasteiger partial charge in [-0.15, -0.1) is 0 Å². The lowest BCUT2D eigenvalue weighted by Crippen LogP contribution is -2.33. The van der Waals surface area contributed by atoms with E-state index in [9.17, 15) is 9.90 Å². The van der Waals surface area contributed by atoms with Crippen LogP contribution in [0.1, 0.15) is 33.0 Å². The Bertz CT molecular complexity index is 903. The van der Waals surface area contributed by atoms with Crippen molar-refractivity contribution in [2.45, 2.75) is 33.3 Å². The van der Waals surface area contributed by atoms with E-state index < -0.39 is 6.10 Å². The molecule has 0 aliphatic rings. The Hall–Kier alpha value is -2.73. The molecule has 0 saturated carbocycles. The first-order chi connectivity index (χ1) is 12.0. The fraction of sp³-hybridized carbons (Fsp3) is 0.316. The molecule has 0 saturated heterocycles. The third-order valence-corrected chi connectivity index (χ3v) is 4.11. The highest BCUT2D eigenvalue weighted by Gasteiger charge is 2.20. The maximum Gasteiger partial charge on any atom is 0.257 e. The third-order valence-electron chi connectivity index (χ3n) is 4.11. The highest BCUT2D eigenvalue weighted by Crippen LogP contribution is 2.16. The first kappa shape index (κ1) is 17.1. The zero-order valence-corrected chi connectivity index (χ0v) is 14.7. The average Bonchev–Trinajstić information content (AvgIpc) is 2.90. The molecule has 25 heavy (non-hydrogen) atoms. The van der Waals surface area contributed by atoms with Gasteiger partial charge in [-0.3, -0.25) is 4.79 Å². The SMILES string of the molecule is Cc1cc(C)n2nc(C)c(C(=O)NCC(O)Cc3ccccc3)c2n1. The number of rotatable bonds is 5. The molecule has 1 atom stereocenters. The predicted octanol–water partition coefficient (Wildman–Crippen LogP) is 1.99. The lowest BCUT2D eigenvalue weighted by Gasteiger charge is -2.12. The summed E-state index contributed by atoms with van der Waals surface area (Å²) in [5.41, 5.74) is 4.42. The molecule has 130 valence electrons. The van der Waals surface area contributed by atoms with Gasteiger partial charge in [-0.25, -0.2) is 9.50 Å². The molecule has 0 bridgehead atoms. The van der Waals surface area contributed by atoms with Crippen molar-refractivity contribution in [1.82, 2.24) is 19.9 Å². The zero-order chi connectivity index (χ0) is 18.0.